The monoisotopic (exact) mass is 402 g/mol. The third-order valence-corrected chi connectivity index (χ3v) is 5.48. The summed E-state index contributed by atoms with van der Waals surface area (Å²) in [5.74, 6) is -0.779. The molecule has 0 amide bonds. The van der Waals surface area contributed by atoms with Crippen molar-refractivity contribution in [3.05, 3.63) is 72.1 Å². The number of carboxylic acid groups (broad SMARTS) is 1. The lowest BCUT2D eigenvalue weighted by atomic mass is 10.0. The summed E-state index contributed by atoms with van der Waals surface area (Å²) in [7, 11) is 1.90. The Labute approximate surface area is 172 Å². The molecule has 0 atom stereocenters. The minimum atomic E-state index is -1.03. The Balaban J connectivity index is 1.63. The van der Waals surface area contributed by atoms with E-state index in [1.54, 1.807) is 24.5 Å². The van der Waals surface area contributed by atoms with E-state index in [0.29, 0.717) is 22.7 Å². The van der Waals surface area contributed by atoms with Crippen molar-refractivity contribution in [3.8, 4) is 11.1 Å². The van der Waals surface area contributed by atoms with Crippen molar-refractivity contribution in [2.45, 2.75) is 18.8 Å². The minimum absolute atomic E-state index is 0.129. The van der Waals surface area contributed by atoms with Crippen LogP contribution in [0.25, 0.3) is 22.0 Å². The van der Waals surface area contributed by atoms with Gasteiger partial charge < -0.3 is 15.0 Å². The molecule has 4 aromatic rings. The molecule has 0 unspecified atom stereocenters. The molecule has 1 aliphatic carbocycles. The highest BCUT2D eigenvalue weighted by Crippen LogP contribution is 2.41. The van der Waals surface area contributed by atoms with Crippen LogP contribution < -0.4 is 5.32 Å². The first-order chi connectivity index (χ1) is 14.5. The number of hydrogen-bond donors (Lipinski definition) is 2. The van der Waals surface area contributed by atoms with Crippen LogP contribution in [0.15, 0.2) is 55.1 Å². The fourth-order valence-corrected chi connectivity index (χ4v) is 3.84. The van der Waals surface area contributed by atoms with Crippen molar-refractivity contribution in [1.29, 1.82) is 0 Å². The Bertz CT molecular complexity index is 1290. The summed E-state index contributed by atoms with van der Waals surface area (Å²) < 4.78 is 16.4. The van der Waals surface area contributed by atoms with Gasteiger partial charge in [0.25, 0.3) is 0 Å². The van der Waals surface area contributed by atoms with E-state index in [1.165, 1.54) is 6.20 Å². The third kappa shape index (κ3) is 3.18. The maximum atomic E-state index is 14.5. The van der Waals surface area contributed by atoms with Gasteiger partial charge in [-0.05, 0) is 54.7 Å². The van der Waals surface area contributed by atoms with Gasteiger partial charge in [-0.1, -0.05) is 0 Å². The molecule has 1 saturated carbocycles. The van der Waals surface area contributed by atoms with E-state index in [9.17, 15) is 14.3 Å². The Morgan fingerprint density at radius 3 is 2.77 bits per heavy atom. The molecule has 0 spiro atoms. The van der Waals surface area contributed by atoms with Gasteiger partial charge in [0.15, 0.2) is 0 Å². The smallest absolute Gasteiger partial charge is 0.339 e. The summed E-state index contributed by atoms with van der Waals surface area (Å²) >= 11 is 0. The molecule has 7 heteroatoms. The fourth-order valence-electron chi connectivity index (χ4n) is 3.84. The van der Waals surface area contributed by atoms with Gasteiger partial charge in [-0.25, -0.2) is 14.2 Å². The summed E-state index contributed by atoms with van der Waals surface area (Å²) in [6.45, 7) is 0. The molecule has 3 heterocycles. The Hall–Kier alpha value is -3.74. The van der Waals surface area contributed by atoms with Gasteiger partial charge in [0.05, 0.1) is 11.7 Å². The van der Waals surface area contributed by atoms with E-state index in [-0.39, 0.29) is 11.4 Å². The van der Waals surface area contributed by atoms with Crippen molar-refractivity contribution in [2.24, 2.45) is 7.05 Å². The molecule has 2 N–H and O–H groups in total. The van der Waals surface area contributed by atoms with Crippen molar-refractivity contribution in [3.63, 3.8) is 0 Å². The number of hydrogen-bond acceptors (Lipinski definition) is 4. The molecule has 6 nitrogen and oxygen atoms in total. The van der Waals surface area contributed by atoms with Crippen molar-refractivity contribution in [2.75, 3.05) is 5.32 Å². The standard InChI is InChI=1S/C23H19FN4O2/c1-28-7-5-14-8-16(10-18(21(14)28)17-4-6-25-12-20(17)24)27-22-19(23(29)30)9-15(11-26-22)13-2-3-13/h4-13H,2-3H2,1H3,(H,26,27)(H,29,30). The number of carboxylic acids is 1. The van der Waals surface area contributed by atoms with Crippen molar-refractivity contribution < 1.29 is 14.3 Å². The molecule has 3 aromatic heterocycles. The molecule has 1 fully saturated rings. The molecule has 30 heavy (non-hydrogen) atoms. The maximum Gasteiger partial charge on any atom is 0.339 e. The fraction of sp³-hybridized carbons (Fsp3) is 0.174. The van der Waals surface area contributed by atoms with Gasteiger partial charge in [-0.2, -0.15) is 0 Å². The number of nitrogens with zero attached hydrogens (tertiary/aromatic N) is 3. The van der Waals surface area contributed by atoms with Gasteiger partial charge in [-0.3, -0.25) is 4.98 Å². The average Bonchev–Trinajstić information content (AvgIpc) is 3.51. The van der Waals surface area contributed by atoms with Gasteiger partial charge in [0.1, 0.15) is 17.2 Å². The molecule has 150 valence electrons. The van der Waals surface area contributed by atoms with Gasteiger partial charge in [-0.15, -0.1) is 0 Å². The summed E-state index contributed by atoms with van der Waals surface area (Å²) in [6.07, 6.45) is 8.51. The first kappa shape index (κ1) is 18.3. The average molecular weight is 402 g/mol. The Morgan fingerprint density at radius 2 is 2.03 bits per heavy atom. The quantitative estimate of drug-likeness (QED) is 0.486. The zero-order valence-electron chi connectivity index (χ0n) is 16.3. The van der Waals surface area contributed by atoms with Gasteiger partial charge in [0, 0.05) is 47.8 Å². The lowest BCUT2D eigenvalue weighted by Gasteiger charge is -2.14. The maximum absolute atomic E-state index is 14.5. The van der Waals surface area contributed by atoms with Gasteiger partial charge in [0.2, 0.25) is 0 Å². The lowest BCUT2D eigenvalue weighted by Crippen LogP contribution is -2.06. The first-order valence-corrected chi connectivity index (χ1v) is 9.70. The van der Waals surface area contributed by atoms with Crippen LogP contribution in [-0.2, 0) is 7.05 Å². The number of halogens is 1. The number of aryl methyl sites for hydroxylation is 1. The van der Waals surface area contributed by atoms with Crippen LogP contribution in [0.1, 0.15) is 34.7 Å². The second-order valence-corrected chi connectivity index (χ2v) is 7.61. The normalized spacial score (nSPS) is 13.5. The Morgan fingerprint density at radius 1 is 1.20 bits per heavy atom. The number of rotatable bonds is 5. The minimum Gasteiger partial charge on any atom is -0.478 e. The van der Waals surface area contributed by atoms with E-state index in [2.05, 4.69) is 15.3 Å². The van der Waals surface area contributed by atoms with E-state index in [0.717, 1.165) is 29.3 Å². The summed E-state index contributed by atoms with van der Waals surface area (Å²) in [5, 5.41) is 13.7. The van der Waals surface area contributed by atoms with Crippen LogP contribution in [0, 0.1) is 5.82 Å². The molecule has 1 aromatic carbocycles. The molecule has 1 aliphatic rings. The summed E-state index contributed by atoms with van der Waals surface area (Å²) in [4.78, 5) is 20.0. The topological polar surface area (TPSA) is 80.0 Å². The molecule has 0 aliphatic heterocycles. The number of aromatic carboxylic acids is 1. The zero-order valence-corrected chi connectivity index (χ0v) is 16.3. The van der Waals surface area contributed by atoms with Crippen LogP contribution >= 0.6 is 0 Å². The predicted octanol–water partition coefficient (Wildman–Crippen LogP) is 5.09. The van der Waals surface area contributed by atoms with Crippen LogP contribution in [0.4, 0.5) is 15.9 Å². The van der Waals surface area contributed by atoms with Gasteiger partial charge >= 0.3 is 5.97 Å². The van der Waals surface area contributed by atoms with E-state index >= 15 is 0 Å². The number of fused-ring (bicyclic) bond motifs is 1. The third-order valence-electron chi connectivity index (χ3n) is 5.48. The van der Waals surface area contributed by atoms with E-state index in [1.807, 2.05) is 36.0 Å². The molecule has 5 rings (SSSR count). The molecule has 0 bridgehead atoms. The number of pyridine rings is 2. The van der Waals surface area contributed by atoms with Crippen LogP contribution in [0.2, 0.25) is 0 Å². The lowest BCUT2D eigenvalue weighted by molar-refractivity contribution is 0.0697. The second kappa shape index (κ2) is 6.95. The number of benzene rings is 1. The van der Waals surface area contributed by atoms with Crippen LogP contribution in [0.3, 0.4) is 0 Å². The van der Waals surface area contributed by atoms with E-state index < -0.39 is 11.8 Å². The summed E-state index contributed by atoms with van der Waals surface area (Å²) in [5.41, 5.74) is 3.71. The zero-order chi connectivity index (χ0) is 20.8. The van der Waals surface area contributed by atoms with E-state index in [4.69, 9.17) is 0 Å². The molecule has 0 saturated heterocycles. The Kier molecular flexibility index (Phi) is 4.24. The van der Waals surface area contributed by atoms with Crippen molar-refractivity contribution >= 4 is 28.4 Å². The molecular weight excluding hydrogens is 383 g/mol. The number of aromatic nitrogens is 3. The SMILES string of the molecule is Cn1ccc2cc(Nc3ncc(C4CC4)cc3C(=O)O)cc(-c3ccncc3F)c21. The summed E-state index contributed by atoms with van der Waals surface area (Å²) in [6, 6.07) is 8.97. The highest BCUT2D eigenvalue weighted by molar-refractivity contribution is 5.99. The van der Waals surface area contributed by atoms with Crippen LogP contribution in [-0.4, -0.2) is 25.6 Å². The largest absolute Gasteiger partial charge is 0.478 e. The number of carbonyl (C=O) groups is 1. The second-order valence-electron chi connectivity index (χ2n) is 7.61. The van der Waals surface area contributed by atoms with Crippen molar-refractivity contribution in [1.82, 2.24) is 14.5 Å². The predicted molar refractivity (Wildman–Crippen MR) is 113 cm³/mol. The van der Waals surface area contributed by atoms with Crippen LogP contribution in [0.5, 0.6) is 0 Å². The highest BCUT2D eigenvalue weighted by Gasteiger charge is 2.26. The molecule has 0 radical (unpaired) electrons. The molecular formula is C23H19FN4O2. The number of nitrogens with one attached hydrogen (secondary N) is 1. The first-order valence-electron chi connectivity index (χ1n) is 9.70. The highest BCUT2D eigenvalue weighted by atomic mass is 19.1. The number of anilines is 2.